The first-order valence-corrected chi connectivity index (χ1v) is 8.18. The molecule has 1 N–H and O–H groups in total. The van der Waals surface area contributed by atoms with Crippen molar-refractivity contribution in [3.8, 4) is 0 Å². The molecule has 108 valence electrons. The molecule has 0 amide bonds. The molecule has 0 saturated heterocycles. The van der Waals surface area contributed by atoms with Crippen molar-refractivity contribution in [2.75, 3.05) is 13.3 Å². The zero-order chi connectivity index (χ0) is 14.8. The van der Waals surface area contributed by atoms with E-state index in [1.165, 1.54) is 12.3 Å². The monoisotopic (exact) mass is 307 g/mol. The Morgan fingerprint density at radius 1 is 1.42 bits per heavy atom. The lowest BCUT2D eigenvalue weighted by atomic mass is 9.95. The number of sulfone groups is 1. The van der Waals surface area contributed by atoms with Gasteiger partial charge in [-0.25, -0.2) is 12.8 Å². The van der Waals surface area contributed by atoms with E-state index in [0.717, 1.165) is 0 Å². The van der Waals surface area contributed by atoms with Crippen LogP contribution in [0.15, 0.2) is 18.2 Å². The Hall–Kier alpha value is -0.650. The van der Waals surface area contributed by atoms with Gasteiger partial charge in [0.1, 0.15) is 5.82 Å². The molecule has 0 aliphatic rings. The van der Waals surface area contributed by atoms with Crippen molar-refractivity contribution in [1.29, 1.82) is 0 Å². The van der Waals surface area contributed by atoms with Crippen LogP contribution in [0, 0.1) is 5.82 Å². The maximum atomic E-state index is 13.9. The van der Waals surface area contributed by atoms with E-state index in [4.69, 9.17) is 11.6 Å². The maximum Gasteiger partial charge on any atom is 0.154 e. The summed E-state index contributed by atoms with van der Waals surface area (Å²) in [5.74, 6) is -0.492. The smallest absolute Gasteiger partial charge is 0.154 e. The first-order valence-electron chi connectivity index (χ1n) is 5.91. The van der Waals surface area contributed by atoms with E-state index in [9.17, 15) is 12.8 Å². The molecule has 0 heterocycles. The van der Waals surface area contributed by atoms with Crippen LogP contribution >= 0.6 is 11.6 Å². The highest BCUT2D eigenvalue weighted by atomic mass is 35.5. The molecule has 0 aliphatic heterocycles. The predicted molar refractivity (Wildman–Crippen MR) is 76.9 cm³/mol. The van der Waals surface area contributed by atoms with Crippen molar-refractivity contribution < 1.29 is 12.8 Å². The molecule has 0 saturated carbocycles. The van der Waals surface area contributed by atoms with E-state index >= 15 is 0 Å². The molecule has 1 aromatic rings. The summed E-state index contributed by atoms with van der Waals surface area (Å²) < 4.78 is 36.5. The fourth-order valence-electron chi connectivity index (χ4n) is 1.88. The van der Waals surface area contributed by atoms with E-state index < -0.39 is 26.4 Å². The van der Waals surface area contributed by atoms with Crippen LogP contribution in [0.3, 0.4) is 0 Å². The molecule has 3 nitrogen and oxygen atoms in total. The lowest BCUT2D eigenvalue weighted by Gasteiger charge is -2.32. The summed E-state index contributed by atoms with van der Waals surface area (Å²) in [5, 5.41) is 3.00. The number of halogens is 2. The fourth-order valence-corrected chi connectivity index (χ4v) is 2.79. The lowest BCUT2D eigenvalue weighted by molar-refractivity contribution is 0.425. The van der Waals surface area contributed by atoms with Crippen LogP contribution in [0.1, 0.15) is 19.4 Å². The van der Waals surface area contributed by atoms with Gasteiger partial charge in [0.25, 0.3) is 0 Å². The van der Waals surface area contributed by atoms with Crippen LogP contribution in [-0.2, 0) is 16.3 Å². The van der Waals surface area contributed by atoms with Crippen molar-refractivity contribution in [3.63, 3.8) is 0 Å². The van der Waals surface area contributed by atoms with Gasteiger partial charge in [0.2, 0.25) is 0 Å². The Balaban J connectivity index is 3.11. The zero-order valence-corrected chi connectivity index (χ0v) is 13.1. The summed E-state index contributed by atoms with van der Waals surface area (Å²) in [6, 6.07) is 4.33. The molecule has 6 heteroatoms. The van der Waals surface area contributed by atoms with Crippen LogP contribution < -0.4 is 5.32 Å². The molecule has 19 heavy (non-hydrogen) atoms. The van der Waals surface area contributed by atoms with Crippen LogP contribution in [-0.4, -0.2) is 32.5 Å². The van der Waals surface area contributed by atoms with Crippen molar-refractivity contribution in [1.82, 2.24) is 5.32 Å². The summed E-state index contributed by atoms with van der Waals surface area (Å²) in [7, 11) is -1.61. The number of rotatable bonds is 5. The molecule has 0 aliphatic carbocycles. The van der Waals surface area contributed by atoms with E-state index in [0.29, 0.717) is 5.56 Å². The summed E-state index contributed by atoms with van der Waals surface area (Å²) in [4.78, 5) is 0. The van der Waals surface area contributed by atoms with E-state index in [1.807, 2.05) is 0 Å². The first kappa shape index (κ1) is 16.4. The second-order valence-corrected chi connectivity index (χ2v) is 8.14. The second kappa shape index (κ2) is 5.77. The van der Waals surface area contributed by atoms with Crippen molar-refractivity contribution in [2.45, 2.75) is 31.1 Å². The highest BCUT2D eigenvalue weighted by Crippen LogP contribution is 2.25. The standard InChI is InChI=1S/C13H19ClFNO2S/c1-13(2,19(4,17)18)11(16-3)8-9-6-5-7-10(14)12(9)15/h5-7,11,16H,8H2,1-4H3. The Morgan fingerprint density at radius 2 is 2.00 bits per heavy atom. The first-order chi connectivity index (χ1) is 8.61. The Kier molecular flexibility index (Phi) is 4.98. The molecule has 1 aromatic carbocycles. The molecular weight excluding hydrogens is 289 g/mol. The van der Waals surface area contributed by atoms with Gasteiger partial charge in [-0.1, -0.05) is 23.7 Å². The topological polar surface area (TPSA) is 46.2 Å². The molecule has 1 unspecified atom stereocenters. The highest BCUT2D eigenvalue weighted by molar-refractivity contribution is 7.92. The van der Waals surface area contributed by atoms with Gasteiger partial charge in [-0.3, -0.25) is 0 Å². The number of likely N-dealkylation sites (N-methyl/N-ethyl adjacent to an activating group) is 1. The third kappa shape index (κ3) is 3.46. The molecule has 1 atom stereocenters. The van der Waals surface area contributed by atoms with Crippen LogP contribution in [0.25, 0.3) is 0 Å². The average molecular weight is 308 g/mol. The fraction of sp³-hybridized carbons (Fsp3) is 0.538. The van der Waals surface area contributed by atoms with Gasteiger partial charge in [0.15, 0.2) is 9.84 Å². The minimum Gasteiger partial charge on any atom is -0.315 e. The van der Waals surface area contributed by atoms with Crippen molar-refractivity contribution in [3.05, 3.63) is 34.6 Å². The van der Waals surface area contributed by atoms with Crippen LogP contribution in [0.2, 0.25) is 5.02 Å². The zero-order valence-electron chi connectivity index (χ0n) is 11.5. The van der Waals surface area contributed by atoms with Gasteiger partial charge in [-0.15, -0.1) is 0 Å². The minimum absolute atomic E-state index is 0.0458. The van der Waals surface area contributed by atoms with E-state index in [1.54, 1.807) is 33.0 Å². The summed E-state index contributed by atoms with van der Waals surface area (Å²) in [6.45, 7) is 3.26. The summed E-state index contributed by atoms with van der Waals surface area (Å²) in [5.41, 5.74) is 0.406. The predicted octanol–water partition coefficient (Wildman–Crippen LogP) is 2.43. The Labute approximate surface area is 119 Å². The number of benzene rings is 1. The largest absolute Gasteiger partial charge is 0.315 e. The van der Waals surface area contributed by atoms with Crippen LogP contribution in [0.4, 0.5) is 4.39 Å². The summed E-state index contributed by atoms with van der Waals surface area (Å²) >= 11 is 5.73. The van der Waals surface area contributed by atoms with Crippen LogP contribution in [0.5, 0.6) is 0 Å². The van der Waals surface area contributed by atoms with Gasteiger partial charge < -0.3 is 5.32 Å². The van der Waals surface area contributed by atoms with Gasteiger partial charge in [0, 0.05) is 12.3 Å². The number of hydrogen-bond acceptors (Lipinski definition) is 3. The molecule has 0 bridgehead atoms. The number of nitrogens with one attached hydrogen (secondary N) is 1. The summed E-state index contributed by atoms with van der Waals surface area (Å²) in [6.07, 6.45) is 1.44. The van der Waals surface area contributed by atoms with Crippen molar-refractivity contribution in [2.24, 2.45) is 0 Å². The van der Waals surface area contributed by atoms with Crippen molar-refractivity contribution >= 4 is 21.4 Å². The molecule has 0 fully saturated rings. The second-order valence-electron chi connectivity index (χ2n) is 5.13. The van der Waals surface area contributed by atoms with E-state index in [2.05, 4.69) is 5.32 Å². The van der Waals surface area contributed by atoms with E-state index in [-0.39, 0.29) is 11.4 Å². The van der Waals surface area contributed by atoms with Gasteiger partial charge in [-0.05, 0) is 38.9 Å². The molecule has 0 aromatic heterocycles. The Morgan fingerprint density at radius 3 is 2.47 bits per heavy atom. The molecule has 0 radical (unpaired) electrons. The SMILES string of the molecule is CNC(Cc1cccc(Cl)c1F)C(C)(C)S(C)(=O)=O. The average Bonchev–Trinajstić information content (AvgIpc) is 2.29. The Bertz CT molecular complexity index is 558. The minimum atomic E-state index is -3.27. The lowest BCUT2D eigenvalue weighted by Crippen LogP contribution is -2.51. The normalized spacial score (nSPS) is 14.4. The van der Waals surface area contributed by atoms with Gasteiger partial charge in [0.05, 0.1) is 9.77 Å². The maximum absolute atomic E-state index is 13.9. The van der Waals surface area contributed by atoms with Gasteiger partial charge in [-0.2, -0.15) is 0 Å². The number of hydrogen-bond donors (Lipinski definition) is 1. The third-order valence-corrected chi connectivity index (χ3v) is 6.09. The third-order valence-electron chi connectivity index (χ3n) is 3.60. The highest BCUT2D eigenvalue weighted by Gasteiger charge is 2.38. The van der Waals surface area contributed by atoms with Gasteiger partial charge >= 0.3 is 0 Å². The molecule has 1 rings (SSSR count). The molecule has 0 spiro atoms. The quantitative estimate of drug-likeness (QED) is 0.909. The molecular formula is C13H19ClFNO2S.